The van der Waals surface area contributed by atoms with Gasteiger partial charge in [-0.1, -0.05) is 48.0 Å². The first kappa shape index (κ1) is 14.4. The highest BCUT2D eigenvalue weighted by molar-refractivity contribution is 6.40. The Morgan fingerprint density at radius 1 is 0.920 bits per heavy atom. The summed E-state index contributed by atoms with van der Waals surface area (Å²) >= 11 is 6.64. The maximum absolute atomic E-state index is 6.64. The van der Waals surface area contributed by atoms with E-state index in [2.05, 4.69) is 4.98 Å². The minimum absolute atomic E-state index is 0.682. The topological polar surface area (TPSA) is 43.6 Å². The van der Waals surface area contributed by atoms with Crippen LogP contribution in [0.4, 0.5) is 0 Å². The van der Waals surface area contributed by atoms with Gasteiger partial charge in [0.15, 0.2) is 5.65 Å². The Morgan fingerprint density at radius 2 is 1.68 bits per heavy atom. The van der Waals surface area contributed by atoms with Crippen molar-refractivity contribution >= 4 is 44.4 Å². The number of hydrogen-bond acceptors (Lipinski definition) is 3. The third-order valence-electron chi connectivity index (χ3n) is 4.45. The van der Waals surface area contributed by atoms with Gasteiger partial charge in [-0.05, 0) is 25.1 Å². The van der Waals surface area contributed by atoms with Gasteiger partial charge < -0.3 is 0 Å². The average molecular weight is 345 g/mol. The van der Waals surface area contributed by atoms with E-state index in [-0.39, 0.29) is 0 Å². The zero-order valence-corrected chi connectivity index (χ0v) is 14.2. The average Bonchev–Trinajstić information content (AvgIpc) is 3.00. The Balaban J connectivity index is 1.95. The zero-order valence-electron chi connectivity index (χ0n) is 13.4. The summed E-state index contributed by atoms with van der Waals surface area (Å²) in [6.07, 6.45) is 1.79. The van der Waals surface area contributed by atoms with Crippen molar-refractivity contribution in [1.29, 1.82) is 0 Å². The summed E-state index contributed by atoms with van der Waals surface area (Å²) in [6.45, 7) is 1.98. The summed E-state index contributed by atoms with van der Waals surface area (Å²) in [5.74, 6) is 0. The maximum Gasteiger partial charge on any atom is 0.165 e. The Labute approximate surface area is 148 Å². The molecule has 0 saturated carbocycles. The van der Waals surface area contributed by atoms with E-state index in [0.29, 0.717) is 5.02 Å². The lowest BCUT2D eigenvalue weighted by Gasteiger charge is -2.07. The lowest BCUT2D eigenvalue weighted by Crippen LogP contribution is -1.97. The monoisotopic (exact) mass is 344 g/mol. The highest BCUT2D eigenvalue weighted by atomic mass is 35.5. The van der Waals surface area contributed by atoms with Crippen molar-refractivity contribution in [3.05, 3.63) is 71.5 Å². The Morgan fingerprint density at radius 3 is 2.52 bits per heavy atom. The van der Waals surface area contributed by atoms with Crippen molar-refractivity contribution in [3.63, 3.8) is 0 Å². The molecule has 0 aliphatic carbocycles. The number of halogens is 1. The standard InChI is InChI=1S/C20H13ClN4/c1-12-17-19-15(18(21)14-9-5-6-10-16(14)23-19)11-22-20(17)25(24-12)13-7-3-2-4-8-13/h2-11H,1H3. The van der Waals surface area contributed by atoms with E-state index in [1.165, 1.54) is 0 Å². The molecule has 0 N–H and O–H groups in total. The summed E-state index contributed by atoms with van der Waals surface area (Å²) in [5, 5.41) is 8.10. The van der Waals surface area contributed by atoms with Gasteiger partial charge in [-0.2, -0.15) is 5.10 Å². The molecule has 0 spiro atoms. The van der Waals surface area contributed by atoms with Crippen molar-refractivity contribution in [2.24, 2.45) is 0 Å². The molecule has 0 saturated heterocycles. The molecule has 5 aromatic rings. The number of pyridine rings is 2. The minimum atomic E-state index is 0.682. The van der Waals surface area contributed by atoms with Crippen LogP contribution < -0.4 is 0 Å². The highest BCUT2D eigenvalue weighted by Crippen LogP contribution is 2.34. The second kappa shape index (κ2) is 5.26. The van der Waals surface area contributed by atoms with Crippen LogP contribution in [0.1, 0.15) is 5.69 Å². The maximum atomic E-state index is 6.64. The number of nitrogens with zero attached hydrogens (tertiary/aromatic N) is 4. The number of aryl methyl sites for hydroxylation is 1. The molecule has 25 heavy (non-hydrogen) atoms. The van der Waals surface area contributed by atoms with E-state index in [1.54, 1.807) is 6.20 Å². The number of fused-ring (bicyclic) bond motifs is 4. The fourth-order valence-corrected chi connectivity index (χ4v) is 3.58. The molecule has 0 radical (unpaired) electrons. The number of benzene rings is 2. The lowest BCUT2D eigenvalue weighted by atomic mass is 10.1. The molecule has 0 unspecified atom stereocenters. The zero-order chi connectivity index (χ0) is 17.0. The molecule has 0 aliphatic heterocycles. The molecule has 5 heteroatoms. The van der Waals surface area contributed by atoms with Crippen LogP contribution in [-0.4, -0.2) is 19.7 Å². The largest absolute Gasteiger partial charge is 0.247 e. The van der Waals surface area contributed by atoms with E-state index < -0.39 is 0 Å². The van der Waals surface area contributed by atoms with Crippen LogP contribution in [0.3, 0.4) is 0 Å². The highest BCUT2D eigenvalue weighted by Gasteiger charge is 2.17. The summed E-state index contributed by atoms with van der Waals surface area (Å²) in [4.78, 5) is 9.51. The van der Waals surface area contributed by atoms with Crippen molar-refractivity contribution in [2.45, 2.75) is 6.92 Å². The molecular weight excluding hydrogens is 332 g/mol. The van der Waals surface area contributed by atoms with Crippen molar-refractivity contribution in [2.75, 3.05) is 0 Å². The van der Waals surface area contributed by atoms with Crippen LogP contribution in [0.15, 0.2) is 60.8 Å². The third-order valence-corrected chi connectivity index (χ3v) is 4.86. The fraction of sp³-hybridized carbons (Fsp3) is 0.0500. The lowest BCUT2D eigenvalue weighted by molar-refractivity contribution is 0.878. The summed E-state index contributed by atoms with van der Waals surface area (Å²) < 4.78 is 1.86. The molecule has 4 nitrogen and oxygen atoms in total. The molecule has 2 aromatic carbocycles. The second-order valence-corrected chi connectivity index (χ2v) is 6.37. The van der Waals surface area contributed by atoms with Gasteiger partial charge in [-0.25, -0.2) is 14.6 Å². The first-order valence-corrected chi connectivity index (χ1v) is 8.39. The number of hydrogen-bond donors (Lipinski definition) is 0. The Kier molecular flexibility index (Phi) is 3.02. The van der Waals surface area contributed by atoms with E-state index in [9.17, 15) is 0 Å². The van der Waals surface area contributed by atoms with Gasteiger partial charge in [-0.15, -0.1) is 0 Å². The van der Waals surface area contributed by atoms with Crippen LogP contribution in [0.5, 0.6) is 0 Å². The van der Waals surface area contributed by atoms with Crippen LogP contribution >= 0.6 is 11.6 Å². The number of para-hydroxylation sites is 2. The summed E-state index contributed by atoms with van der Waals surface area (Å²) in [5.41, 5.74) is 4.36. The fourth-order valence-electron chi connectivity index (χ4n) is 3.28. The van der Waals surface area contributed by atoms with Gasteiger partial charge in [0.25, 0.3) is 0 Å². The van der Waals surface area contributed by atoms with E-state index in [1.807, 2.05) is 66.2 Å². The molecule has 0 bridgehead atoms. The van der Waals surface area contributed by atoms with E-state index in [4.69, 9.17) is 21.7 Å². The minimum Gasteiger partial charge on any atom is -0.247 e. The SMILES string of the molecule is Cc1nn(-c2ccccc2)c2ncc3c(Cl)c4ccccc4nc3c12. The van der Waals surface area contributed by atoms with Gasteiger partial charge in [-0.3, -0.25) is 0 Å². The molecule has 5 rings (SSSR count). The van der Waals surface area contributed by atoms with Crippen LogP contribution in [0.25, 0.3) is 38.5 Å². The third kappa shape index (κ3) is 2.04. The molecule has 0 aliphatic rings. The summed E-state index contributed by atoms with van der Waals surface area (Å²) in [7, 11) is 0. The van der Waals surface area contributed by atoms with Crippen LogP contribution in [0.2, 0.25) is 5.02 Å². The smallest absolute Gasteiger partial charge is 0.165 e. The Hall–Kier alpha value is -2.98. The normalized spacial score (nSPS) is 11.6. The van der Waals surface area contributed by atoms with Crippen LogP contribution in [-0.2, 0) is 0 Å². The van der Waals surface area contributed by atoms with Gasteiger partial charge in [0.2, 0.25) is 0 Å². The molecule has 0 atom stereocenters. The van der Waals surface area contributed by atoms with Gasteiger partial charge in [0.1, 0.15) is 0 Å². The quantitative estimate of drug-likeness (QED) is 0.398. The molecule has 120 valence electrons. The van der Waals surface area contributed by atoms with E-state index in [0.717, 1.165) is 44.2 Å². The van der Waals surface area contributed by atoms with Crippen molar-refractivity contribution in [3.8, 4) is 5.69 Å². The first-order chi connectivity index (χ1) is 12.2. The molecular formula is C20H13ClN4. The Bertz CT molecular complexity index is 1260. The predicted molar refractivity (Wildman–Crippen MR) is 101 cm³/mol. The number of rotatable bonds is 1. The first-order valence-electron chi connectivity index (χ1n) is 8.02. The van der Waals surface area contributed by atoms with Gasteiger partial charge in [0, 0.05) is 17.0 Å². The molecule has 0 fully saturated rings. The van der Waals surface area contributed by atoms with Crippen molar-refractivity contribution < 1.29 is 0 Å². The summed E-state index contributed by atoms with van der Waals surface area (Å²) in [6, 6.07) is 17.9. The number of aromatic nitrogens is 4. The van der Waals surface area contributed by atoms with Crippen molar-refractivity contribution in [1.82, 2.24) is 19.7 Å². The molecule has 3 heterocycles. The molecule has 3 aromatic heterocycles. The van der Waals surface area contributed by atoms with Gasteiger partial charge in [0.05, 0.1) is 32.8 Å². The van der Waals surface area contributed by atoms with Gasteiger partial charge >= 0.3 is 0 Å². The predicted octanol–water partition coefficient (Wildman–Crippen LogP) is 5.08. The second-order valence-electron chi connectivity index (χ2n) is 5.99. The molecule has 0 amide bonds. The van der Waals surface area contributed by atoms with E-state index >= 15 is 0 Å². The van der Waals surface area contributed by atoms with Crippen LogP contribution in [0, 0.1) is 6.92 Å².